The van der Waals surface area contributed by atoms with Crippen molar-refractivity contribution in [3.8, 4) is 5.75 Å². The largest absolute Gasteiger partial charge is 0.494 e. The lowest BCUT2D eigenvalue weighted by atomic mass is 10.0. The summed E-state index contributed by atoms with van der Waals surface area (Å²) in [7, 11) is 0. The fraction of sp³-hybridized carbons (Fsp3) is 0.467. The molecule has 0 aromatic heterocycles. The molecule has 3 N–H and O–H groups in total. The number of urea groups is 1. The van der Waals surface area contributed by atoms with Crippen molar-refractivity contribution in [1.82, 2.24) is 10.2 Å². The van der Waals surface area contributed by atoms with E-state index in [9.17, 15) is 9.59 Å². The predicted octanol–water partition coefficient (Wildman–Crippen LogP) is 1.42. The van der Waals surface area contributed by atoms with Gasteiger partial charge in [-0.2, -0.15) is 0 Å². The van der Waals surface area contributed by atoms with Crippen molar-refractivity contribution in [3.63, 3.8) is 0 Å². The molecule has 2 rings (SSSR count). The van der Waals surface area contributed by atoms with E-state index < -0.39 is 6.03 Å². The third kappa shape index (κ3) is 4.19. The Morgan fingerprint density at radius 3 is 2.71 bits per heavy atom. The SMILES string of the molecule is CCOc1ccc([C@@H]2CCCN2CC(=O)NC(N)=O)cc1. The molecule has 0 spiro atoms. The smallest absolute Gasteiger partial charge is 0.318 e. The van der Waals surface area contributed by atoms with Crippen LogP contribution in [0, 0.1) is 0 Å². The number of imide groups is 1. The van der Waals surface area contributed by atoms with Gasteiger partial charge in [-0.05, 0) is 44.0 Å². The summed E-state index contributed by atoms with van der Waals surface area (Å²) in [4.78, 5) is 24.4. The number of nitrogens with zero attached hydrogens (tertiary/aromatic N) is 1. The van der Waals surface area contributed by atoms with Gasteiger partial charge in [0.1, 0.15) is 5.75 Å². The number of benzene rings is 1. The zero-order valence-corrected chi connectivity index (χ0v) is 12.2. The minimum absolute atomic E-state index is 0.181. The summed E-state index contributed by atoms with van der Waals surface area (Å²) in [5, 5.41) is 2.11. The number of hydrogen-bond acceptors (Lipinski definition) is 4. The number of rotatable bonds is 5. The maximum Gasteiger partial charge on any atom is 0.318 e. The molecule has 1 aromatic rings. The molecule has 6 nitrogen and oxygen atoms in total. The van der Waals surface area contributed by atoms with E-state index in [0.29, 0.717) is 6.61 Å². The number of carbonyl (C=O) groups excluding carboxylic acids is 2. The Bertz CT molecular complexity index is 501. The van der Waals surface area contributed by atoms with Crippen LogP contribution < -0.4 is 15.8 Å². The van der Waals surface area contributed by atoms with Gasteiger partial charge in [-0.25, -0.2) is 4.79 Å². The van der Waals surface area contributed by atoms with Crippen LogP contribution in [0.25, 0.3) is 0 Å². The van der Waals surface area contributed by atoms with E-state index in [0.717, 1.165) is 30.7 Å². The van der Waals surface area contributed by atoms with Crippen LogP contribution in [0.15, 0.2) is 24.3 Å². The first kappa shape index (κ1) is 15.3. The Labute approximate surface area is 124 Å². The van der Waals surface area contributed by atoms with E-state index in [-0.39, 0.29) is 18.5 Å². The summed E-state index contributed by atoms with van der Waals surface area (Å²) in [5.41, 5.74) is 6.11. The lowest BCUT2D eigenvalue weighted by Crippen LogP contribution is -2.42. The van der Waals surface area contributed by atoms with Crippen LogP contribution in [-0.4, -0.2) is 36.5 Å². The molecule has 3 amide bonds. The van der Waals surface area contributed by atoms with E-state index in [1.807, 2.05) is 31.2 Å². The van der Waals surface area contributed by atoms with Gasteiger partial charge in [-0.15, -0.1) is 0 Å². The molecule has 1 aliphatic heterocycles. The lowest BCUT2D eigenvalue weighted by molar-refractivity contribution is -0.121. The minimum Gasteiger partial charge on any atom is -0.494 e. The number of nitrogens with one attached hydrogen (secondary N) is 1. The van der Waals surface area contributed by atoms with E-state index in [4.69, 9.17) is 10.5 Å². The molecule has 1 fully saturated rings. The van der Waals surface area contributed by atoms with Gasteiger partial charge < -0.3 is 10.5 Å². The molecule has 6 heteroatoms. The number of primary amides is 1. The van der Waals surface area contributed by atoms with Gasteiger partial charge in [0.2, 0.25) is 5.91 Å². The first-order chi connectivity index (χ1) is 10.1. The molecule has 1 aliphatic rings. The quantitative estimate of drug-likeness (QED) is 0.859. The maximum absolute atomic E-state index is 11.7. The third-order valence-corrected chi connectivity index (χ3v) is 3.55. The Kier molecular flexibility index (Phi) is 5.16. The fourth-order valence-electron chi connectivity index (χ4n) is 2.71. The van der Waals surface area contributed by atoms with Gasteiger partial charge in [0.25, 0.3) is 0 Å². The fourth-order valence-corrected chi connectivity index (χ4v) is 2.71. The first-order valence-corrected chi connectivity index (χ1v) is 7.16. The van der Waals surface area contributed by atoms with Crippen molar-refractivity contribution in [2.45, 2.75) is 25.8 Å². The summed E-state index contributed by atoms with van der Waals surface area (Å²) < 4.78 is 5.43. The molecule has 21 heavy (non-hydrogen) atoms. The highest BCUT2D eigenvalue weighted by Crippen LogP contribution is 2.32. The van der Waals surface area contributed by atoms with Crippen molar-refractivity contribution in [2.24, 2.45) is 5.73 Å². The molecule has 1 atom stereocenters. The summed E-state index contributed by atoms with van der Waals surface area (Å²) in [5.74, 6) is 0.484. The maximum atomic E-state index is 11.7. The molecule has 0 bridgehead atoms. The molecular formula is C15H21N3O3. The van der Waals surface area contributed by atoms with Gasteiger partial charge >= 0.3 is 6.03 Å². The molecule has 114 valence electrons. The van der Waals surface area contributed by atoms with Gasteiger partial charge in [-0.3, -0.25) is 15.0 Å². The number of nitrogens with two attached hydrogens (primary N) is 1. The topological polar surface area (TPSA) is 84.7 Å². The van der Waals surface area contributed by atoms with Crippen LogP contribution in [0.2, 0.25) is 0 Å². The third-order valence-electron chi connectivity index (χ3n) is 3.55. The second-order valence-electron chi connectivity index (χ2n) is 5.04. The number of amides is 3. The standard InChI is InChI=1S/C15H21N3O3/c1-2-21-12-7-5-11(6-8-12)13-4-3-9-18(13)10-14(19)17-15(16)20/h5-8,13H,2-4,9-10H2,1H3,(H3,16,17,19,20)/t13-/m0/s1. The van der Waals surface area contributed by atoms with Crippen LogP contribution in [0.5, 0.6) is 5.75 Å². The van der Waals surface area contributed by atoms with Crippen LogP contribution in [0.4, 0.5) is 4.79 Å². The molecule has 0 radical (unpaired) electrons. The highest BCUT2D eigenvalue weighted by Gasteiger charge is 2.27. The van der Waals surface area contributed by atoms with Crippen molar-refractivity contribution in [2.75, 3.05) is 19.7 Å². The first-order valence-electron chi connectivity index (χ1n) is 7.16. The van der Waals surface area contributed by atoms with Crippen molar-refractivity contribution in [3.05, 3.63) is 29.8 Å². The molecular weight excluding hydrogens is 270 g/mol. The number of likely N-dealkylation sites (tertiary alicyclic amines) is 1. The van der Waals surface area contributed by atoms with Crippen LogP contribution >= 0.6 is 0 Å². The Hall–Kier alpha value is -2.08. The van der Waals surface area contributed by atoms with Gasteiger partial charge in [0, 0.05) is 6.04 Å². The summed E-state index contributed by atoms with van der Waals surface area (Å²) in [6.07, 6.45) is 2.03. The molecule has 1 saturated heterocycles. The number of ether oxygens (including phenoxy) is 1. The van der Waals surface area contributed by atoms with Crippen molar-refractivity contribution < 1.29 is 14.3 Å². The number of carbonyl (C=O) groups is 2. The van der Waals surface area contributed by atoms with Crippen molar-refractivity contribution in [1.29, 1.82) is 0 Å². The average Bonchev–Trinajstić information content (AvgIpc) is 2.87. The summed E-state index contributed by atoms with van der Waals surface area (Å²) in [6, 6.07) is 7.33. The van der Waals surface area contributed by atoms with E-state index in [1.165, 1.54) is 0 Å². The zero-order valence-electron chi connectivity index (χ0n) is 12.2. The molecule has 0 saturated carbocycles. The summed E-state index contributed by atoms with van der Waals surface area (Å²) >= 11 is 0. The van der Waals surface area contributed by atoms with Crippen LogP contribution in [0.3, 0.4) is 0 Å². The van der Waals surface area contributed by atoms with Crippen LogP contribution in [-0.2, 0) is 4.79 Å². The minimum atomic E-state index is -0.809. The van der Waals surface area contributed by atoms with Crippen molar-refractivity contribution >= 4 is 11.9 Å². The number of hydrogen-bond donors (Lipinski definition) is 2. The zero-order chi connectivity index (χ0) is 15.2. The van der Waals surface area contributed by atoms with Gasteiger partial charge in [-0.1, -0.05) is 12.1 Å². The Morgan fingerprint density at radius 1 is 1.38 bits per heavy atom. The second kappa shape index (κ2) is 7.08. The van der Waals surface area contributed by atoms with E-state index >= 15 is 0 Å². The van der Waals surface area contributed by atoms with Gasteiger partial charge in [0.15, 0.2) is 0 Å². The highest BCUT2D eigenvalue weighted by atomic mass is 16.5. The predicted molar refractivity (Wildman–Crippen MR) is 78.9 cm³/mol. The van der Waals surface area contributed by atoms with Gasteiger partial charge in [0.05, 0.1) is 13.2 Å². The monoisotopic (exact) mass is 291 g/mol. The van der Waals surface area contributed by atoms with E-state index in [1.54, 1.807) is 0 Å². The van der Waals surface area contributed by atoms with E-state index in [2.05, 4.69) is 10.2 Å². The normalized spacial score (nSPS) is 18.4. The molecule has 0 unspecified atom stereocenters. The Balaban J connectivity index is 2.00. The summed E-state index contributed by atoms with van der Waals surface area (Å²) in [6.45, 7) is 3.61. The average molecular weight is 291 g/mol. The molecule has 1 heterocycles. The Morgan fingerprint density at radius 2 is 2.10 bits per heavy atom. The second-order valence-corrected chi connectivity index (χ2v) is 5.04. The lowest BCUT2D eigenvalue weighted by Gasteiger charge is -2.24. The van der Waals surface area contributed by atoms with Crippen LogP contribution in [0.1, 0.15) is 31.4 Å². The molecule has 0 aliphatic carbocycles. The molecule has 1 aromatic carbocycles. The highest BCUT2D eigenvalue weighted by molar-refractivity contribution is 5.94.